The Kier molecular flexibility index (Phi) is 3.20. The molecule has 0 bridgehead atoms. The van der Waals surface area contributed by atoms with Crippen LogP contribution < -0.4 is 5.32 Å². The van der Waals surface area contributed by atoms with Crippen molar-refractivity contribution in [1.29, 1.82) is 0 Å². The van der Waals surface area contributed by atoms with Gasteiger partial charge in [0, 0.05) is 22.9 Å². The first-order valence-electron chi connectivity index (χ1n) is 7.08. The normalized spacial score (nSPS) is 16.6. The summed E-state index contributed by atoms with van der Waals surface area (Å²) in [5.41, 5.74) is 2.34. The van der Waals surface area contributed by atoms with E-state index in [4.69, 9.17) is 0 Å². The number of amides is 2. The van der Waals surface area contributed by atoms with Crippen LogP contribution in [0, 0.1) is 0 Å². The third kappa shape index (κ3) is 2.45. The largest absolute Gasteiger partial charge is 0.288 e. The number of nitrogens with zero attached hydrogens (tertiary/aromatic N) is 2. The Hall–Kier alpha value is -2.69. The van der Waals surface area contributed by atoms with Crippen molar-refractivity contribution in [2.45, 2.75) is 26.3 Å². The molecule has 0 saturated carbocycles. The molecule has 112 valence electrons. The van der Waals surface area contributed by atoms with Gasteiger partial charge in [0.2, 0.25) is 0 Å². The van der Waals surface area contributed by atoms with Crippen molar-refractivity contribution in [3.05, 3.63) is 53.3 Å². The van der Waals surface area contributed by atoms with Gasteiger partial charge in [-0.25, -0.2) is 0 Å². The van der Waals surface area contributed by atoms with E-state index in [1.54, 1.807) is 30.5 Å². The molecule has 0 spiro atoms. The topological polar surface area (TPSA) is 64.0 Å². The van der Waals surface area contributed by atoms with Crippen molar-refractivity contribution >= 4 is 23.5 Å². The first-order chi connectivity index (χ1) is 10.4. The zero-order valence-electron chi connectivity index (χ0n) is 12.8. The summed E-state index contributed by atoms with van der Waals surface area (Å²) < 4.78 is 1.84. The van der Waals surface area contributed by atoms with Crippen molar-refractivity contribution in [3.63, 3.8) is 0 Å². The maximum absolute atomic E-state index is 12.1. The summed E-state index contributed by atoms with van der Waals surface area (Å²) in [7, 11) is 0. The lowest BCUT2D eigenvalue weighted by Gasteiger charge is -2.19. The van der Waals surface area contributed by atoms with Gasteiger partial charge in [0.05, 0.1) is 11.7 Å². The monoisotopic (exact) mass is 295 g/mol. The number of fused-ring (bicyclic) bond motifs is 1. The van der Waals surface area contributed by atoms with Gasteiger partial charge >= 0.3 is 0 Å². The smallest absolute Gasteiger partial charge is 0.258 e. The Morgan fingerprint density at radius 1 is 1.09 bits per heavy atom. The maximum Gasteiger partial charge on any atom is 0.258 e. The second-order valence-corrected chi connectivity index (χ2v) is 6.28. The van der Waals surface area contributed by atoms with Gasteiger partial charge in [0.25, 0.3) is 11.8 Å². The van der Waals surface area contributed by atoms with Crippen molar-refractivity contribution in [3.8, 4) is 0 Å². The van der Waals surface area contributed by atoms with Crippen molar-refractivity contribution in [2.24, 2.45) is 0 Å². The van der Waals surface area contributed by atoms with Gasteiger partial charge in [-0.1, -0.05) is 18.2 Å². The van der Waals surface area contributed by atoms with Crippen molar-refractivity contribution < 1.29 is 9.59 Å². The van der Waals surface area contributed by atoms with E-state index >= 15 is 0 Å². The van der Waals surface area contributed by atoms with E-state index in [2.05, 4.69) is 31.2 Å². The highest BCUT2D eigenvalue weighted by atomic mass is 16.2. The van der Waals surface area contributed by atoms with Crippen LogP contribution in [-0.4, -0.2) is 21.6 Å². The molecular weight excluding hydrogens is 278 g/mol. The Labute approximate surface area is 128 Å². The van der Waals surface area contributed by atoms with Crippen LogP contribution in [-0.2, 0) is 10.3 Å². The molecule has 1 aromatic heterocycles. The molecule has 1 aliphatic heterocycles. The van der Waals surface area contributed by atoms with Gasteiger partial charge < -0.3 is 0 Å². The van der Waals surface area contributed by atoms with Crippen LogP contribution >= 0.6 is 0 Å². The Morgan fingerprint density at radius 3 is 2.41 bits per heavy atom. The summed E-state index contributed by atoms with van der Waals surface area (Å²) in [5.74, 6) is -0.740. The first kappa shape index (κ1) is 14.3. The molecule has 2 aromatic rings. The maximum atomic E-state index is 12.1. The highest BCUT2D eigenvalue weighted by Crippen LogP contribution is 2.26. The number of carbonyl (C=O) groups excluding carboxylic acids is 2. The zero-order valence-corrected chi connectivity index (χ0v) is 12.8. The number of hydrogen-bond donors (Lipinski definition) is 1. The lowest BCUT2D eigenvalue weighted by Crippen LogP contribution is -2.36. The number of hydrogen-bond acceptors (Lipinski definition) is 3. The van der Waals surface area contributed by atoms with E-state index in [1.807, 2.05) is 16.9 Å². The van der Waals surface area contributed by atoms with Crippen molar-refractivity contribution in [1.82, 2.24) is 15.1 Å². The minimum Gasteiger partial charge on any atom is -0.288 e. The van der Waals surface area contributed by atoms with Crippen molar-refractivity contribution in [2.75, 3.05) is 0 Å². The summed E-state index contributed by atoms with van der Waals surface area (Å²) in [6, 6.07) is 7.09. The molecule has 22 heavy (non-hydrogen) atoms. The fraction of sp³-hybridized carbons (Fsp3) is 0.235. The molecule has 0 fully saturated rings. The molecule has 5 heteroatoms. The molecule has 3 rings (SSSR count). The molecule has 1 aliphatic rings. The Balaban J connectivity index is 2.07. The van der Waals surface area contributed by atoms with E-state index in [0.717, 1.165) is 5.56 Å². The molecule has 0 radical (unpaired) electrons. The Morgan fingerprint density at radius 2 is 1.77 bits per heavy atom. The number of aromatic nitrogens is 2. The molecule has 5 nitrogen and oxygen atoms in total. The lowest BCUT2D eigenvalue weighted by molar-refractivity contribution is -0.114. The summed E-state index contributed by atoms with van der Waals surface area (Å²) in [6.07, 6.45) is 5.36. The van der Waals surface area contributed by atoms with E-state index < -0.39 is 0 Å². The van der Waals surface area contributed by atoms with E-state index in [-0.39, 0.29) is 17.4 Å². The molecule has 1 aromatic carbocycles. The predicted octanol–water partition coefficient (Wildman–Crippen LogP) is 2.45. The van der Waals surface area contributed by atoms with Gasteiger partial charge in [0.15, 0.2) is 0 Å². The molecule has 0 aliphatic carbocycles. The fourth-order valence-electron chi connectivity index (χ4n) is 2.36. The predicted molar refractivity (Wildman–Crippen MR) is 84.0 cm³/mol. The number of rotatable bonds is 1. The zero-order chi connectivity index (χ0) is 15.9. The quantitative estimate of drug-likeness (QED) is 0.649. The standard InChI is InChI=1S/C17H17N3O2/c1-17(2,3)20-10-11(9-18-20)8-14-12-6-4-5-7-13(12)15(21)19-16(14)22/h4-10H,1-3H3,(H,19,21,22)/b14-8+. The lowest BCUT2D eigenvalue weighted by atomic mass is 9.94. The fourth-order valence-corrected chi connectivity index (χ4v) is 2.36. The summed E-state index contributed by atoms with van der Waals surface area (Å²) in [5, 5.41) is 6.69. The Bertz CT molecular complexity index is 794. The van der Waals surface area contributed by atoms with E-state index in [0.29, 0.717) is 16.7 Å². The molecule has 1 N–H and O–H groups in total. The van der Waals surface area contributed by atoms with E-state index in [1.165, 1.54) is 0 Å². The van der Waals surface area contributed by atoms with Gasteiger partial charge in [-0.15, -0.1) is 0 Å². The third-order valence-corrected chi connectivity index (χ3v) is 3.53. The molecule has 0 unspecified atom stereocenters. The number of imide groups is 1. The van der Waals surface area contributed by atoms with Gasteiger partial charge in [0.1, 0.15) is 0 Å². The summed E-state index contributed by atoms with van der Waals surface area (Å²) in [6.45, 7) is 6.16. The van der Waals surface area contributed by atoms with Gasteiger partial charge in [-0.05, 0) is 38.5 Å². The number of carbonyl (C=O) groups is 2. The van der Waals surface area contributed by atoms with Crippen LogP contribution in [0.3, 0.4) is 0 Å². The molecular formula is C17H17N3O2. The summed E-state index contributed by atoms with van der Waals surface area (Å²) in [4.78, 5) is 24.0. The minimum absolute atomic E-state index is 0.126. The van der Waals surface area contributed by atoms with Gasteiger partial charge in [-0.3, -0.25) is 19.6 Å². The highest BCUT2D eigenvalue weighted by molar-refractivity contribution is 6.33. The molecule has 0 saturated heterocycles. The molecule has 2 amide bonds. The molecule has 2 heterocycles. The van der Waals surface area contributed by atoms with Crippen LogP contribution in [0.2, 0.25) is 0 Å². The average molecular weight is 295 g/mol. The third-order valence-electron chi connectivity index (χ3n) is 3.53. The van der Waals surface area contributed by atoms with E-state index in [9.17, 15) is 9.59 Å². The van der Waals surface area contributed by atoms with Crippen LogP contribution in [0.5, 0.6) is 0 Å². The van der Waals surface area contributed by atoms with Crippen LogP contribution in [0.25, 0.3) is 11.6 Å². The second-order valence-electron chi connectivity index (χ2n) is 6.28. The highest BCUT2D eigenvalue weighted by Gasteiger charge is 2.26. The number of benzene rings is 1. The van der Waals surface area contributed by atoms with Crippen LogP contribution in [0.15, 0.2) is 36.7 Å². The van der Waals surface area contributed by atoms with Crippen LogP contribution in [0.4, 0.5) is 0 Å². The summed E-state index contributed by atoms with van der Waals surface area (Å²) >= 11 is 0. The number of nitrogens with one attached hydrogen (secondary N) is 1. The second kappa shape index (κ2) is 4.94. The first-order valence-corrected chi connectivity index (χ1v) is 7.08. The van der Waals surface area contributed by atoms with Crippen LogP contribution in [0.1, 0.15) is 42.3 Å². The van der Waals surface area contributed by atoms with Gasteiger partial charge in [-0.2, -0.15) is 5.10 Å². The SMILES string of the molecule is CC(C)(C)n1cc(/C=C2/C(=O)NC(=O)c3ccccc32)cn1. The average Bonchev–Trinajstić information content (AvgIpc) is 2.92. The minimum atomic E-state index is -0.382. The molecule has 0 atom stereocenters.